The first-order valence-electron chi connectivity index (χ1n) is 5.76. The molecular weight excluding hydrogens is 353 g/mol. The predicted molar refractivity (Wildman–Crippen MR) is 63.3 cm³/mol. The Labute approximate surface area is 127 Å². The van der Waals surface area contributed by atoms with E-state index in [4.69, 9.17) is 4.74 Å². The number of alkyl halides is 8. The smallest absolute Gasteiger partial charge is 0.379 e. The van der Waals surface area contributed by atoms with Crippen LogP contribution in [-0.4, -0.2) is 49.4 Å². The minimum atomic E-state index is -5.17. The lowest BCUT2D eigenvalue weighted by Crippen LogP contribution is -2.47. The normalized spacial score (nSPS) is 17.6. The zero-order chi connectivity index (χ0) is 16.7. The lowest BCUT2D eigenvalue weighted by atomic mass is 10.3. The van der Waals surface area contributed by atoms with E-state index in [1.54, 1.807) is 0 Å². The lowest BCUT2D eigenvalue weighted by molar-refractivity contribution is -0.298. The number of hydrogen-bond acceptors (Lipinski definition) is 3. The van der Waals surface area contributed by atoms with Gasteiger partial charge in [0.1, 0.15) is 0 Å². The average molecular weight is 367 g/mol. The summed E-state index contributed by atoms with van der Waals surface area (Å²) in [6, 6.07) is 0. The zero-order valence-corrected chi connectivity index (χ0v) is 12.4. The molecule has 0 aromatic carbocycles. The van der Waals surface area contributed by atoms with Gasteiger partial charge < -0.3 is 14.2 Å². The van der Waals surface area contributed by atoms with Gasteiger partial charge in [-0.15, -0.1) is 0 Å². The molecule has 0 amide bonds. The van der Waals surface area contributed by atoms with Gasteiger partial charge in [-0.25, -0.2) is 0 Å². The minimum Gasteiger partial charge on any atom is -0.379 e. The van der Waals surface area contributed by atoms with Gasteiger partial charge >= 0.3 is 16.9 Å². The van der Waals surface area contributed by atoms with Crippen LogP contribution in [0.5, 0.6) is 0 Å². The third-order valence-electron chi connectivity index (χ3n) is 1.98. The standard InChI is InChI=1S/C10H14Cl2F6O3/c1-2-3-19-4-5-20-6-7(8(13,14)15)21-10(12,18)9(11,16)17/h7H,2-6H2,1H3. The molecule has 0 saturated heterocycles. The van der Waals surface area contributed by atoms with Crippen molar-refractivity contribution < 1.29 is 40.6 Å². The molecule has 0 rings (SSSR count). The number of halogens is 8. The van der Waals surface area contributed by atoms with Gasteiger partial charge in [0.2, 0.25) is 0 Å². The second-order valence-corrected chi connectivity index (χ2v) is 4.81. The monoisotopic (exact) mass is 366 g/mol. The number of rotatable bonds is 10. The first-order chi connectivity index (χ1) is 9.42. The topological polar surface area (TPSA) is 27.7 Å². The second kappa shape index (κ2) is 8.61. The van der Waals surface area contributed by atoms with Crippen molar-refractivity contribution in [1.29, 1.82) is 0 Å². The molecule has 2 unspecified atom stereocenters. The molecule has 0 bridgehead atoms. The number of ether oxygens (including phenoxy) is 3. The van der Waals surface area contributed by atoms with Crippen molar-refractivity contribution in [1.82, 2.24) is 0 Å². The van der Waals surface area contributed by atoms with Crippen LogP contribution in [0.15, 0.2) is 0 Å². The summed E-state index contributed by atoms with van der Waals surface area (Å²) < 4.78 is 88.6. The highest BCUT2D eigenvalue weighted by atomic mass is 35.5. The Morgan fingerprint density at radius 2 is 1.43 bits per heavy atom. The van der Waals surface area contributed by atoms with Gasteiger partial charge in [-0.05, 0) is 29.6 Å². The number of hydrogen-bond donors (Lipinski definition) is 0. The van der Waals surface area contributed by atoms with Crippen molar-refractivity contribution in [3.63, 3.8) is 0 Å². The Balaban J connectivity index is 4.43. The molecule has 2 atom stereocenters. The van der Waals surface area contributed by atoms with E-state index in [2.05, 4.69) is 32.7 Å². The molecule has 0 fully saturated rings. The average Bonchev–Trinajstić information content (AvgIpc) is 2.29. The third kappa shape index (κ3) is 8.29. The zero-order valence-electron chi connectivity index (χ0n) is 10.9. The molecule has 0 saturated carbocycles. The maximum absolute atomic E-state index is 13.1. The van der Waals surface area contributed by atoms with Gasteiger partial charge in [-0.3, -0.25) is 0 Å². The molecule has 21 heavy (non-hydrogen) atoms. The van der Waals surface area contributed by atoms with Crippen LogP contribution in [0.4, 0.5) is 26.3 Å². The fourth-order valence-corrected chi connectivity index (χ4v) is 1.15. The van der Waals surface area contributed by atoms with Crippen LogP contribution in [0.3, 0.4) is 0 Å². The predicted octanol–water partition coefficient (Wildman–Crippen LogP) is 4.07. The Kier molecular flexibility index (Phi) is 8.63. The van der Waals surface area contributed by atoms with Gasteiger partial charge in [0.15, 0.2) is 6.10 Å². The molecule has 0 aromatic heterocycles. The van der Waals surface area contributed by atoms with Crippen molar-refractivity contribution in [3.05, 3.63) is 0 Å². The van der Waals surface area contributed by atoms with Gasteiger partial charge in [0.05, 0.1) is 19.8 Å². The lowest BCUT2D eigenvalue weighted by Gasteiger charge is -2.29. The van der Waals surface area contributed by atoms with E-state index in [-0.39, 0.29) is 13.2 Å². The fraction of sp³-hybridized carbons (Fsp3) is 1.00. The van der Waals surface area contributed by atoms with Crippen LogP contribution in [-0.2, 0) is 14.2 Å². The highest BCUT2D eigenvalue weighted by Gasteiger charge is 2.58. The van der Waals surface area contributed by atoms with E-state index in [1.807, 2.05) is 6.92 Å². The van der Waals surface area contributed by atoms with Crippen LogP contribution in [0.25, 0.3) is 0 Å². The summed E-state index contributed by atoms with van der Waals surface area (Å²) in [5.74, 6) is 0. The Morgan fingerprint density at radius 1 is 0.905 bits per heavy atom. The van der Waals surface area contributed by atoms with Crippen LogP contribution < -0.4 is 0 Å². The molecule has 0 radical (unpaired) electrons. The van der Waals surface area contributed by atoms with Crippen LogP contribution in [0.2, 0.25) is 0 Å². The third-order valence-corrected chi connectivity index (χ3v) is 2.64. The van der Waals surface area contributed by atoms with Crippen LogP contribution in [0.1, 0.15) is 13.3 Å². The molecule has 0 heterocycles. The highest BCUT2D eigenvalue weighted by molar-refractivity contribution is 6.31. The molecule has 0 spiro atoms. The summed E-state index contributed by atoms with van der Waals surface area (Å²) in [5, 5.41) is -9.36. The van der Waals surface area contributed by atoms with E-state index in [1.165, 1.54) is 0 Å². The highest BCUT2D eigenvalue weighted by Crippen LogP contribution is 2.43. The van der Waals surface area contributed by atoms with E-state index in [9.17, 15) is 26.3 Å². The quantitative estimate of drug-likeness (QED) is 0.331. The first kappa shape index (κ1) is 21.0. The van der Waals surface area contributed by atoms with Crippen molar-refractivity contribution >= 4 is 23.2 Å². The summed E-state index contributed by atoms with van der Waals surface area (Å²) in [6.45, 7) is 0.711. The summed E-state index contributed by atoms with van der Waals surface area (Å²) in [6.07, 6.45) is -7.47. The molecule has 11 heteroatoms. The van der Waals surface area contributed by atoms with Gasteiger partial charge in [0, 0.05) is 6.61 Å². The van der Waals surface area contributed by atoms with E-state index in [0.29, 0.717) is 13.0 Å². The summed E-state index contributed by atoms with van der Waals surface area (Å²) in [5.41, 5.74) is 0. The van der Waals surface area contributed by atoms with E-state index < -0.39 is 29.6 Å². The Hall–Kier alpha value is 0.0400. The van der Waals surface area contributed by atoms with Crippen molar-refractivity contribution in [2.24, 2.45) is 0 Å². The molecule has 0 aromatic rings. The van der Waals surface area contributed by atoms with Gasteiger partial charge in [-0.1, -0.05) is 6.92 Å². The fourth-order valence-electron chi connectivity index (χ4n) is 0.995. The molecule has 0 aliphatic heterocycles. The van der Waals surface area contributed by atoms with Crippen molar-refractivity contribution in [3.8, 4) is 0 Å². The molecule has 0 aliphatic rings. The van der Waals surface area contributed by atoms with E-state index in [0.717, 1.165) is 0 Å². The molecular formula is C10H14Cl2F6O3. The molecule has 128 valence electrons. The maximum atomic E-state index is 13.1. The van der Waals surface area contributed by atoms with Gasteiger partial charge in [0.25, 0.3) is 0 Å². The Morgan fingerprint density at radius 3 is 1.86 bits per heavy atom. The Bertz CT molecular complexity index is 295. The molecule has 0 N–H and O–H groups in total. The summed E-state index contributed by atoms with van der Waals surface area (Å²) >= 11 is 8.79. The SMILES string of the molecule is CCCOCCOCC(OC(F)(Cl)C(F)(F)Cl)C(F)(F)F. The molecule has 0 aliphatic carbocycles. The molecule has 3 nitrogen and oxygen atoms in total. The largest absolute Gasteiger partial charge is 0.417 e. The minimum absolute atomic E-state index is 0.00821. The van der Waals surface area contributed by atoms with Crippen molar-refractivity contribution in [2.75, 3.05) is 26.4 Å². The maximum Gasteiger partial charge on any atom is 0.417 e. The van der Waals surface area contributed by atoms with Crippen LogP contribution in [0, 0.1) is 0 Å². The van der Waals surface area contributed by atoms with Crippen LogP contribution >= 0.6 is 23.2 Å². The van der Waals surface area contributed by atoms with E-state index >= 15 is 0 Å². The summed E-state index contributed by atoms with van der Waals surface area (Å²) in [7, 11) is 0. The van der Waals surface area contributed by atoms with Crippen molar-refractivity contribution in [2.45, 2.75) is 36.3 Å². The van der Waals surface area contributed by atoms with Gasteiger partial charge in [-0.2, -0.15) is 26.3 Å². The summed E-state index contributed by atoms with van der Waals surface area (Å²) in [4.78, 5) is 0. The second-order valence-electron chi connectivity index (χ2n) is 3.85. The first-order valence-corrected chi connectivity index (χ1v) is 6.52.